The first-order chi connectivity index (χ1) is 13.0. The van der Waals surface area contributed by atoms with Crippen LogP contribution in [0.1, 0.15) is 17.3 Å². The molecule has 0 aliphatic rings. The van der Waals surface area contributed by atoms with Gasteiger partial charge < -0.3 is 4.98 Å². The molecule has 4 aromatic rings. The predicted octanol–water partition coefficient (Wildman–Crippen LogP) is 4.27. The number of ketones is 1. The molecular weight excluding hydrogens is 360 g/mol. The number of carbonyl (C=O) groups excluding carboxylic acids is 1. The Kier molecular flexibility index (Phi) is 4.12. The van der Waals surface area contributed by atoms with Gasteiger partial charge in [-0.2, -0.15) is 0 Å². The fourth-order valence-electron chi connectivity index (χ4n) is 2.98. The quantitative estimate of drug-likeness (QED) is 0.540. The van der Waals surface area contributed by atoms with Crippen molar-refractivity contribution >= 4 is 26.7 Å². The maximum absolute atomic E-state index is 12.7. The molecule has 134 valence electrons. The average Bonchev–Trinajstić information content (AvgIpc) is 3.13. The highest BCUT2D eigenvalue weighted by Gasteiger charge is 2.18. The van der Waals surface area contributed by atoms with Gasteiger partial charge in [0.05, 0.1) is 20.8 Å². The maximum Gasteiger partial charge on any atom is 0.206 e. The monoisotopic (exact) mass is 376 g/mol. The molecule has 1 aromatic heterocycles. The summed E-state index contributed by atoms with van der Waals surface area (Å²) in [4.78, 5) is 20.0. The number of Topliss-reactive ketones (excluding diaryl/α,β-unsaturated/α-hetero) is 1. The Balaban J connectivity index is 1.74. The van der Waals surface area contributed by atoms with E-state index in [2.05, 4.69) is 9.97 Å². The van der Waals surface area contributed by atoms with Crippen LogP contribution in [0.4, 0.5) is 0 Å². The van der Waals surface area contributed by atoms with E-state index in [0.717, 1.165) is 11.1 Å². The smallest absolute Gasteiger partial charge is 0.206 e. The van der Waals surface area contributed by atoms with Crippen molar-refractivity contribution in [1.29, 1.82) is 0 Å². The molecule has 0 unspecified atom stereocenters. The average molecular weight is 376 g/mol. The van der Waals surface area contributed by atoms with Crippen LogP contribution in [0.25, 0.3) is 22.4 Å². The Bertz CT molecular complexity index is 1240. The van der Waals surface area contributed by atoms with Crippen molar-refractivity contribution in [3.63, 3.8) is 0 Å². The van der Waals surface area contributed by atoms with Crippen LogP contribution in [0.5, 0.6) is 0 Å². The maximum atomic E-state index is 12.7. The van der Waals surface area contributed by atoms with Crippen LogP contribution in [-0.2, 0) is 9.84 Å². The molecule has 0 atom stereocenters. The van der Waals surface area contributed by atoms with E-state index in [4.69, 9.17) is 0 Å². The third-order valence-electron chi connectivity index (χ3n) is 4.38. The molecule has 5 nitrogen and oxygen atoms in total. The van der Waals surface area contributed by atoms with E-state index >= 15 is 0 Å². The summed E-state index contributed by atoms with van der Waals surface area (Å²) in [7, 11) is -3.56. The second kappa shape index (κ2) is 6.48. The third-order valence-corrected chi connectivity index (χ3v) is 6.17. The van der Waals surface area contributed by atoms with Crippen LogP contribution in [-0.4, -0.2) is 24.2 Å². The first-order valence-electron chi connectivity index (χ1n) is 8.37. The molecule has 0 aliphatic heterocycles. The highest BCUT2D eigenvalue weighted by molar-refractivity contribution is 7.91. The summed E-state index contributed by atoms with van der Waals surface area (Å²) < 4.78 is 25.4. The minimum atomic E-state index is -3.56. The number of para-hydroxylation sites is 1. The number of aromatic nitrogens is 2. The van der Waals surface area contributed by atoms with Crippen LogP contribution < -0.4 is 0 Å². The molecule has 0 aliphatic carbocycles. The third kappa shape index (κ3) is 3.04. The second-order valence-electron chi connectivity index (χ2n) is 6.18. The van der Waals surface area contributed by atoms with Gasteiger partial charge in [-0.1, -0.05) is 24.3 Å². The number of nitrogens with zero attached hydrogens (tertiary/aromatic N) is 1. The van der Waals surface area contributed by atoms with Gasteiger partial charge in [0, 0.05) is 11.1 Å². The van der Waals surface area contributed by atoms with Gasteiger partial charge in [-0.15, -0.1) is 0 Å². The second-order valence-corrected chi connectivity index (χ2v) is 8.13. The molecule has 4 rings (SSSR count). The van der Waals surface area contributed by atoms with Crippen molar-refractivity contribution in [2.24, 2.45) is 0 Å². The lowest BCUT2D eigenvalue weighted by Crippen LogP contribution is -2.01. The zero-order chi connectivity index (χ0) is 19.0. The molecule has 0 amide bonds. The molecule has 27 heavy (non-hydrogen) atoms. The molecule has 1 N–H and O–H groups in total. The van der Waals surface area contributed by atoms with Gasteiger partial charge >= 0.3 is 0 Å². The number of aromatic amines is 1. The summed E-state index contributed by atoms with van der Waals surface area (Å²) in [5.41, 5.74) is 2.67. The van der Waals surface area contributed by atoms with E-state index in [9.17, 15) is 13.2 Å². The zero-order valence-electron chi connectivity index (χ0n) is 14.5. The zero-order valence-corrected chi connectivity index (χ0v) is 15.3. The first kappa shape index (κ1) is 17.2. The lowest BCUT2D eigenvalue weighted by Gasteiger charge is -2.05. The largest absolute Gasteiger partial charge is 0.338 e. The molecule has 3 aromatic carbocycles. The van der Waals surface area contributed by atoms with Crippen molar-refractivity contribution in [2.75, 3.05) is 0 Å². The van der Waals surface area contributed by atoms with Crippen molar-refractivity contribution in [1.82, 2.24) is 9.97 Å². The number of benzene rings is 3. The van der Waals surface area contributed by atoms with Crippen molar-refractivity contribution in [2.45, 2.75) is 16.7 Å². The SMILES string of the molecule is CC(=O)c1cccc2[nH]c(-c3ccc(S(=O)(=O)c4ccccc4)cc3)nc12. The number of H-pyrrole nitrogens is 1. The summed E-state index contributed by atoms with van der Waals surface area (Å²) in [6.45, 7) is 1.51. The topological polar surface area (TPSA) is 79.9 Å². The lowest BCUT2D eigenvalue weighted by atomic mass is 10.1. The van der Waals surface area contributed by atoms with E-state index in [-0.39, 0.29) is 15.6 Å². The molecule has 0 fully saturated rings. The normalized spacial score (nSPS) is 11.6. The fraction of sp³-hybridized carbons (Fsp3) is 0.0476. The summed E-state index contributed by atoms with van der Waals surface area (Å²) in [5.74, 6) is 0.533. The van der Waals surface area contributed by atoms with Crippen LogP contribution >= 0.6 is 0 Å². The van der Waals surface area contributed by atoms with Gasteiger partial charge in [0.1, 0.15) is 5.82 Å². The lowest BCUT2D eigenvalue weighted by molar-refractivity contribution is 0.101. The molecule has 0 radical (unpaired) electrons. The Morgan fingerprint density at radius 2 is 1.52 bits per heavy atom. The van der Waals surface area contributed by atoms with Crippen LogP contribution in [0.15, 0.2) is 82.6 Å². The van der Waals surface area contributed by atoms with Gasteiger partial charge in [0.2, 0.25) is 9.84 Å². The Labute approximate surface area is 156 Å². The van der Waals surface area contributed by atoms with E-state index in [1.807, 2.05) is 6.07 Å². The Morgan fingerprint density at radius 1 is 0.852 bits per heavy atom. The number of sulfone groups is 1. The van der Waals surface area contributed by atoms with Gasteiger partial charge in [-0.05, 0) is 55.5 Å². The van der Waals surface area contributed by atoms with E-state index in [0.29, 0.717) is 16.9 Å². The number of imidazole rings is 1. The number of carbonyl (C=O) groups is 1. The van der Waals surface area contributed by atoms with Crippen LogP contribution in [0.2, 0.25) is 0 Å². The highest BCUT2D eigenvalue weighted by Crippen LogP contribution is 2.26. The van der Waals surface area contributed by atoms with Gasteiger partial charge in [-0.25, -0.2) is 13.4 Å². The number of fused-ring (bicyclic) bond motifs is 1. The van der Waals surface area contributed by atoms with Crippen LogP contribution in [0, 0.1) is 0 Å². The Morgan fingerprint density at radius 3 is 2.19 bits per heavy atom. The number of nitrogens with one attached hydrogen (secondary N) is 1. The summed E-state index contributed by atoms with van der Waals surface area (Å²) >= 11 is 0. The minimum Gasteiger partial charge on any atom is -0.338 e. The van der Waals surface area contributed by atoms with Gasteiger partial charge in [0.25, 0.3) is 0 Å². The summed E-state index contributed by atoms with van der Waals surface area (Å²) in [6.07, 6.45) is 0. The van der Waals surface area contributed by atoms with E-state index in [1.54, 1.807) is 66.7 Å². The number of hydrogen-bond acceptors (Lipinski definition) is 4. The molecular formula is C21H16N2O3S. The first-order valence-corrected chi connectivity index (χ1v) is 9.85. The van der Waals surface area contributed by atoms with Crippen molar-refractivity contribution < 1.29 is 13.2 Å². The Hall–Kier alpha value is -3.25. The molecule has 0 saturated heterocycles. The number of rotatable bonds is 4. The fourth-order valence-corrected chi connectivity index (χ4v) is 4.26. The van der Waals surface area contributed by atoms with E-state index in [1.165, 1.54) is 6.92 Å². The highest BCUT2D eigenvalue weighted by atomic mass is 32.2. The predicted molar refractivity (Wildman–Crippen MR) is 103 cm³/mol. The van der Waals surface area contributed by atoms with Gasteiger partial charge in [-0.3, -0.25) is 4.79 Å². The van der Waals surface area contributed by atoms with Crippen molar-refractivity contribution in [3.8, 4) is 11.4 Å². The molecule has 1 heterocycles. The molecule has 6 heteroatoms. The summed E-state index contributed by atoms with van der Waals surface area (Å²) in [5, 5.41) is 0. The molecule has 0 bridgehead atoms. The van der Waals surface area contributed by atoms with E-state index < -0.39 is 9.84 Å². The van der Waals surface area contributed by atoms with Gasteiger partial charge in [0.15, 0.2) is 5.78 Å². The standard InChI is InChI=1S/C21H16N2O3S/c1-14(24)18-8-5-9-19-20(18)23-21(22-19)15-10-12-17(13-11-15)27(25,26)16-6-3-2-4-7-16/h2-13H,1H3,(H,22,23). The molecule has 0 saturated carbocycles. The van der Waals surface area contributed by atoms with Crippen molar-refractivity contribution in [3.05, 3.63) is 78.4 Å². The molecule has 0 spiro atoms. The minimum absolute atomic E-state index is 0.0528. The number of hydrogen-bond donors (Lipinski definition) is 1. The summed E-state index contributed by atoms with van der Waals surface area (Å²) in [6, 6.07) is 20.3. The van der Waals surface area contributed by atoms with Crippen LogP contribution in [0.3, 0.4) is 0 Å².